The second-order valence-electron chi connectivity index (χ2n) is 2.04. The maximum Gasteiger partial charge on any atom is 0.190 e. The summed E-state index contributed by atoms with van der Waals surface area (Å²) in [6.45, 7) is 0.330. The molecule has 0 unspecified atom stereocenters. The molecular formula is C6H8ClN5. The Kier molecular flexibility index (Phi) is 4.60. The highest BCUT2D eigenvalue weighted by atomic mass is 35.5. The van der Waals surface area contributed by atoms with E-state index in [0.29, 0.717) is 12.2 Å². The van der Waals surface area contributed by atoms with Gasteiger partial charge in [0.15, 0.2) is 11.9 Å². The molecular weight excluding hydrogens is 178 g/mol. The molecule has 1 rings (SSSR count). The molecule has 1 aromatic heterocycles. The zero-order chi connectivity index (χ0) is 8.10. The number of hydrogen-bond donors (Lipinski definition) is 1. The summed E-state index contributed by atoms with van der Waals surface area (Å²) in [5.41, 5.74) is 14.9. The van der Waals surface area contributed by atoms with Crippen molar-refractivity contribution < 1.29 is 17.4 Å². The van der Waals surface area contributed by atoms with E-state index in [2.05, 4.69) is 15.0 Å². The molecule has 0 radical (unpaired) electrons. The minimum Gasteiger partial charge on any atom is -1.00 e. The third-order valence-corrected chi connectivity index (χ3v) is 1.21. The van der Waals surface area contributed by atoms with Gasteiger partial charge in [-0.3, -0.25) is 0 Å². The summed E-state index contributed by atoms with van der Waals surface area (Å²) in [5.74, 6) is 0. The molecule has 0 amide bonds. The Balaban J connectivity index is 0.00000121. The predicted molar refractivity (Wildman–Crippen MR) is 40.3 cm³/mol. The van der Waals surface area contributed by atoms with Crippen molar-refractivity contribution in [3.05, 3.63) is 34.5 Å². The van der Waals surface area contributed by atoms with E-state index in [4.69, 9.17) is 11.3 Å². The lowest BCUT2D eigenvalue weighted by Gasteiger charge is -1.87. The highest BCUT2D eigenvalue weighted by Gasteiger charge is 1.96. The van der Waals surface area contributed by atoms with Crippen molar-refractivity contribution in [2.24, 2.45) is 5.11 Å². The highest BCUT2D eigenvalue weighted by Crippen LogP contribution is 1.97. The van der Waals surface area contributed by atoms with Crippen LogP contribution >= 0.6 is 0 Å². The molecule has 0 aliphatic carbocycles. The molecule has 0 aromatic carbocycles. The largest absolute Gasteiger partial charge is 1.00 e. The third-order valence-electron chi connectivity index (χ3n) is 1.21. The molecule has 1 aromatic rings. The monoisotopic (exact) mass is 185 g/mol. The number of aromatic nitrogens is 1. The average Bonchev–Trinajstić information content (AvgIpc) is 2.04. The number of H-pyrrole nitrogens is 1. The van der Waals surface area contributed by atoms with Gasteiger partial charge in [-0.25, -0.2) is 4.98 Å². The molecule has 0 fully saturated rings. The number of azide groups is 1. The lowest BCUT2D eigenvalue weighted by atomic mass is 10.3. The third kappa shape index (κ3) is 3.09. The fourth-order valence-corrected chi connectivity index (χ4v) is 0.675. The van der Waals surface area contributed by atoms with Gasteiger partial charge in [0, 0.05) is 11.0 Å². The second-order valence-corrected chi connectivity index (χ2v) is 2.04. The van der Waals surface area contributed by atoms with Gasteiger partial charge < -0.3 is 18.1 Å². The number of nitrogens with two attached hydrogens (primary N) is 1. The van der Waals surface area contributed by atoms with Gasteiger partial charge in [0.05, 0.1) is 5.69 Å². The van der Waals surface area contributed by atoms with E-state index in [1.165, 1.54) is 0 Å². The summed E-state index contributed by atoms with van der Waals surface area (Å²) in [5, 5.41) is 3.38. The van der Waals surface area contributed by atoms with Gasteiger partial charge >= 0.3 is 0 Å². The van der Waals surface area contributed by atoms with E-state index in [9.17, 15) is 0 Å². The molecule has 3 N–H and O–H groups in total. The lowest BCUT2D eigenvalue weighted by molar-refractivity contribution is -0.389. The molecule has 0 atom stereocenters. The lowest BCUT2D eigenvalue weighted by Crippen LogP contribution is -3.00. The van der Waals surface area contributed by atoms with E-state index in [0.717, 1.165) is 5.69 Å². The Labute approximate surface area is 75.6 Å². The number of hydrogen-bond acceptors (Lipinski definition) is 2. The summed E-state index contributed by atoms with van der Waals surface area (Å²) in [4.78, 5) is 5.51. The van der Waals surface area contributed by atoms with E-state index < -0.39 is 0 Å². The van der Waals surface area contributed by atoms with Gasteiger partial charge in [-0.2, -0.15) is 0 Å². The Morgan fingerprint density at radius 2 is 2.33 bits per heavy atom. The SMILES string of the molecule is [Cl-].[N-]=[N+]=NCc1ccc(N)c[nH+]1. The zero-order valence-electron chi connectivity index (χ0n) is 6.24. The number of nitrogen functional groups attached to an aromatic ring is 1. The zero-order valence-corrected chi connectivity index (χ0v) is 6.99. The number of aromatic amines is 1. The molecule has 0 bridgehead atoms. The summed E-state index contributed by atoms with van der Waals surface area (Å²) < 4.78 is 0. The van der Waals surface area contributed by atoms with E-state index in [1.54, 1.807) is 18.3 Å². The first-order valence-electron chi connectivity index (χ1n) is 3.10. The molecule has 0 spiro atoms. The van der Waals surface area contributed by atoms with E-state index >= 15 is 0 Å². The summed E-state index contributed by atoms with van der Waals surface area (Å²) >= 11 is 0. The van der Waals surface area contributed by atoms with Gasteiger partial charge in [-0.15, -0.1) is 0 Å². The first kappa shape index (κ1) is 10.6. The normalized spacial score (nSPS) is 8.00. The van der Waals surface area contributed by atoms with Crippen molar-refractivity contribution in [1.29, 1.82) is 0 Å². The van der Waals surface area contributed by atoms with Crippen LogP contribution in [0.3, 0.4) is 0 Å². The van der Waals surface area contributed by atoms with Crippen LogP contribution in [-0.2, 0) is 6.54 Å². The Morgan fingerprint density at radius 3 is 2.83 bits per heavy atom. The van der Waals surface area contributed by atoms with Gasteiger partial charge in [-0.05, 0) is 11.6 Å². The van der Waals surface area contributed by atoms with Crippen molar-refractivity contribution in [3.8, 4) is 0 Å². The van der Waals surface area contributed by atoms with Crippen LogP contribution in [0.1, 0.15) is 5.69 Å². The highest BCUT2D eigenvalue weighted by molar-refractivity contribution is 5.31. The predicted octanol–water partition coefficient (Wildman–Crippen LogP) is -2.10. The van der Waals surface area contributed by atoms with Crippen LogP contribution < -0.4 is 23.1 Å². The van der Waals surface area contributed by atoms with Crippen molar-refractivity contribution in [2.45, 2.75) is 6.54 Å². The Hall–Kier alpha value is -1.45. The molecule has 1 heterocycles. The minimum atomic E-state index is 0. The Bertz CT molecular complexity index is 276. The number of halogens is 1. The molecule has 5 nitrogen and oxygen atoms in total. The summed E-state index contributed by atoms with van der Waals surface area (Å²) in [7, 11) is 0. The van der Waals surface area contributed by atoms with Crippen LogP contribution in [0.25, 0.3) is 10.4 Å². The fourth-order valence-electron chi connectivity index (χ4n) is 0.675. The molecule has 6 heteroatoms. The maximum atomic E-state index is 8.00. The maximum absolute atomic E-state index is 8.00. The van der Waals surface area contributed by atoms with Crippen LogP contribution in [0.4, 0.5) is 5.69 Å². The Morgan fingerprint density at radius 1 is 1.58 bits per heavy atom. The summed E-state index contributed by atoms with van der Waals surface area (Å²) in [6, 6.07) is 3.53. The minimum absolute atomic E-state index is 0. The van der Waals surface area contributed by atoms with Gasteiger partial charge in [0.1, 0.15) is 6.54 Å². The number of nitrogens with zero attached hydrogens (tertiary/aromatic N) is 3. The number of anilines is 1. The number of pyridine rings is 1. The van der Waals surface area contributed by atoms with Gasteiger partial charge in [-0.1, -0.05) is 5.11 Å². The van der Waals surface area contributed by atoms with E-state index in [1.807, 2.05) is 0 Å². The fraction of sp³-hybridized carbons (Fsp3) is 0.167. The quantitative estimate of drug-likeness (QED) is 0.319. The topological polar surface area (TPSA) is 88.9 Å². The van der Waals surface area contributed by atoms with Crippen molar-refractivity contribution in [2.75, 3.05) is 5.73 Å². The number of nitrogens with one attached hydrogen (secondary N) is 1. The smallest absolute Gasteiger partial charge is 0.190 e. The van der Waals surface area contributed by atoms with Crippen LogP contribution in [0.5, 0.6) is 0 Å². The first-order valence-corrected chi connectivity index (χ1v) is 3.10. The standard InChI is InChI=1S/C6H7N5.ClH/c7-5-1-2-6(9-3-5)4-10-11-8;/h1-3H,4,7H2;1H. The van der Waals surface area contributed by atoms with Crippen LogP contribution in [0, 0.1) is 0 Å². The molecule has 12 heavy (non-hydrogen) atoms. The second kappa shape index (κ2) is 5.23. The van der Waals surface area contributed by atoms with Crippen LogP contribution in [0.15, 0.2) is 23.4 Å². The van der Waals surface area contributed by atoms with Gasteiger partial charge in [0.25, 0.3) is 0 Å². The molecule has 64 valence electrons. The van der Waals surface area contributed by atoms with Crippen molar-refractivity contribution >= 4 is 5.69 Å². The first-order chi connectivity index (χ1) is 5.33. The molecule has 0 saturated heterocycles. The van der Waals surface area contributed by atoms with Crippen LogP contribution in [0.2, 0.25) is 0 Å². The summed E-state index contributed by atoms with van der Waals surface area (Å²) in [6.07, 6.45) is 1.65. The molecule has 0 aliphatic rings. The van der Waals surface area contributed by atoms with Crippen molar-refractivity contribution in [3.63, 3.8) is 0 Å². The van der Waals surface area contributed by atoms with E-state index in [-0.39, 0.29) is 12.4 Å². The number of rotatable bonds is 2. The van der Waals surface area contributed by atoms with Gasteiger partial charge in [0.2, 0.25) is 0 Å². The molecule has 0 saturated carbocycles. The van der Waals surface area contributed by atoms with Crippen molar-refractivity contribution in [1.82, 2.24) is 0 Å². The molecule has 0 aliphatic heterocycles. The van der Waals surface area contributed by atoms with Crippen LogP contribution in [-0.4, -0.2) is 0 Å². The average molecular weight is 186 g/mol.